The first-order chi connectivity index (χ1) is 15.2. The van der Waals surface area contributed by atoms with Crippen LogP contribution in [0.25, 0.3) is 10.9 Å². The summed E-state index contributed by atoms with van der Waals surface area (Å²) in [6.45, 7) is 3.80. The van der Waals surface area contributed by atoms with Crippen LogP contribution in [0, 0.1) is 0 Å². The number of para-hydroxylation sites is 1. The Morgan fingerprint density at radius 3 is 2.77 bits per heavy atom. The third-order valence-electron chi connectivity index (χ3n) is 6.58. The molecule has 2 unspecified atom stereocenters. The van der Waals surface area contributed by atoms with Gasteiger partial charge in [-0.1, -0.05) is 24.3 Å². The maximum absolute atomic E-state index is 13.6. The van der Waals surface area contributed by atoms with E-state index in [1.54, 1.807) is 6.07 Å². The third kappa shape index (κ3) is 4.25. The van der Waals surface area contributed by atoms with Crippen molar-refractivity contribution >= 4 is 34.1 Å². The summed E-state index contributed by atoms with van der Waals surface area (Å²) in [4.78, 5) is 34.8. The average molecular weight is 437 g/mol. The van der Waals surface area contributed by atoms with E-state index in [1.807, 2.05) is 40.7 Å². The van der Waals surface area contributed by atoms with Crippen molar-refractivity contribution in [2.75, 3.05) is 26.2 Å². The zero-order valence-corrected chi connectivity index (χ0v) is 18.4. The molecule has 1 aromatic carbocycles. The highest BCUT2D eigenvalue weighted by molar-refractivity contribution is 7.12. The van der Waals surface area contributed by atoms with E-state index in [1.165, 1.54) is 24.2 Å². The summed E-state index contributed by atoms with van der Waals surface area (Å²) in [6.07, 6.45) is 5.96. The van der Waals surface area contributed by atoms with Crippen molar-refractivity contribution in [1.82, 2.24) is 20.1 Å². The van der Waals surface area contributed by atoms with Gasteiger partial charge in [0.25, 0.3) is 5.91 Å². The summed E-state index contributed by atoms with van der Waals surface area (Å²) in [5, 5.41) is 6.02. The zero-order chi connectivity index (χ0) is 21.2. The lowest BCUT2D eigenvalue weighted by atomic mass is 10.0. The number of rotatable bonds is 6. The van der Waals surface area contributed by atoms with E-state index in [4.69, 9.17) is 0 Å². The van der Waals surface area contributed by atoms with Crippen molar-refractivity contribution in [2.45, 2.75) is 37.8 Å². The summed E-state index contributed by atoms with van der Waals surface area (Å²) in [7, 11) is 0. The van der Waals surface area contributed by atoms with E-state index in [0.29, 0.717) is 17.3 Å². The number of thiophene rings is 1. The molecule has 2 saturated heterocycles. The minimum Gasteiger partial charge on any atom is -0.361 e. The van der Waals surface area contributed by atoms with Crippen LogP contribution in [-0.4, -0.2) is 64.9 Å². The number of carbonyl (C=O) groups is 2. The number of H-pyrrole nitrogens is 1. The summed E-state index contributed by atoms with van der Waals surface area (Å²) in [5.74, 6) is -0.152. The van der Waals surface area contributed by atoms with Crippen LogP contribution in [0.2, 0.25) is 0 Å². The minimum atomic E-state index is -0.578. The predicted molar refractivity (Wildman–Crippen MR) is 123 cm³/mol. The van der Waals surface area contributed by atoms with Crippen LogP contribution in [0.5, 0.6) is 0 Å². The van der Waals surface area contributed by atoms with Crippen LogP contribution in [0.1, 0.15) is 34.5 Å². The second-order valence-electron chi connectivity index (χ2n) is 8.54. The second-order valence-corrected chi connectivity index (χ2v) is 9.48. The zero-order valence-electron chi connectivity index (χ0n) is 17.5. The van der Waals surface area contributed by atoms with Crippen molar-refractivity contribution in [2.24, 2.45) is 0 Å². The molecule has 2 aliphatic heterocycles. The van der Waals surface area contributed by atoms with Gasteiger partial charge in [-0.05, 0) is 55.4 Å². The van der Waals surface area contributed by atoms with Gasteiger partial charge in [0.05, 0.1) is 4.88 Å². The monoisotopic (exact) mass is 436 g/mol. The van der Waals surface area contributed by atoms with Crippen molar-refractivity contribution in [3.8, 4) is 0 Å². The first kappa shape index (κ1) is 20.3. The van der Waals surface area contributed by atoms with Gasteiger partial charge in [0.2, 0.25) is 5.91 Å². The lowest BCUT2D eigenvalue weighted by Crippen LogP contribution is -2.49. The van der Waals surface area contributed by atoms with Crippen LogP contribution in [-0.2, 0) is 11.2 Å². The Bertz CT molecular complexity index is 1050. The first-order valence-corrected chi connectivity index (χ1v) is 12.0. The molecule has 2 amide bonds. The van der Waals surface area contributed by atoms with Crippen LogP contribution >= 0.6 is 11.3 Å². The van der Waals surface area contributed by atoms with Crippen molar-refractivity contribution < 1.29 is 9.59 Å². The smallest absolute Gasteiger partial charge is 0.262 e. The van der Waals surface area contributed by atoms with E-state index >= 15 is 0 Å². The molecule has 0 saturated carbocycles. The Hall–Kier alpha value is -2.64. The summed E-state index contributed by atoms with van der Waals surface area (Å²) >= 11 is 1.39. The Balaban J connectivity index is 1.35. The number of amides is 2. The predicted octanol–water partition coefficient (Wildman–Crippen LogP) is 3.27. The van der Waals surface area contributed by atoms with Gasteiger partial charge in [-0.25, -0.2) is 0 Å². The molecule has 2 aliphatic rings. The highest BCUT2D eigenvalue weighted by atomic mass is 32.1. The Labute approximate surface area is 186 Å². The number of carbonyl (C=O) groups excluding carboxylic acids is 2. The fourth-order valence-electron chi connectivity index (χ4n) is 4.92. The largest absolute Gasteiger partial charge is 0.361 e. The number of nitrogens with one attached hydrogen (secondary N) is 2. The fraction of sp³-hybridized carbons (Fsp3) is 0.417. The molecule has 2 aromatic heterocycles. The molecule has 31 heavy (non-hydrogen) atoms. The number of aromatic amines is 1. The summed E-state index contributed by atoms with van der Waals surface area (Å²) < 4.78 is 0. The molecule has 0 aliphatic carbocycles. The quantitative estimate of drug-likeness (QED) is 0.623. The third-order valence-corrected chi connectivity index (χ3v) is 7.45. The number of hydrogen-bond acceptors (Lipinski definition) is 4. The fourth-order valence-corrected chi connectivity index (χ4v) is 5.55. The topological polar surface area (TPSA) is 68.4 Å². The molecule has 2 fully saturated rings. The first-order valence-electron chi connectivity index (χ1n) is 11.1. The maximum Gasteiger partial charge on any atom is 0.262 e. The number of hydrogen-bond donors (Lipinski definition) is 2. The van der Waals surface area contributed by atoms with E-state index in [0.717, 1.165) is 49.1 Å². The number of aromatic nitrogens is 1. The second kappa shape index (κ2) is 8.85. The lowest BCUT2D eigenvalue weighted by molar-refractivity contribution is -0.132. The van der Waals surface area contributed by atoms with Crippen molar-refractivity contribution in [3.05, 3.63) is 58.4 Å². The molecule has 2 N–H and O–H groups in total. The molecule has 5 rings (SSSR count). The van der Waals surface area contributed by atoms with Gasteiger partial charge < -0.3 is 15.2 Å². The highest BCUT2D eigenvalue weighted by Crippen LogP contribution is 2.23. The van der Waals surface area contributed by atoms with Crippen LogP contribution in [0.4, 0.5) is 0 Å². The molecule has 2 atom stereocenters. The summed E-state index contributed by atoms with van der Waals surface area (Å²) in [5.41, 5.74) is 2.10. The molecule has 162 valence electrons. The molecular formula is C24H28N4O2S. The van der Waals surface area contributed by atoms with Crippen molar-refractivity contribution in [3.63, 3.8) is 0 Å². The molecule has 7 heteroatoms. The van der Waals surface area contributed by atoms with Gasteiger partial charge in [0.15, 0.2) is 0 Å². The summed E-state index contributed by atoms with van der Waals surface area (Å²) in [6, 6.07) is 11.6. The minimum absolute atomic E-state index is 0.0249. The van der Waals surface area contributed by atoms with Crippen LogP contribution < -0.4 is 5.32 Å². The van der Waals surface area contributed by atoms with Crippen LogP contribution in [0.3, 0.4) is 0 Å². The van der Waals surface area contributed by atoms with E-state index in [9.17, 15) is 9.59 Å². The number of nitrogens with zero attached hydrogens (tertiary/aromatic N) is 2. The van der Waals surface area contributed by atoms with E-state index < -0.39 is 6.04 Å². The molecule has 6 nitrogen and oxygen atoms in total. The SMILES string of the molecule is O=C(NC(Cc1c[nH]c2ccccc12)C(=O)N1CCC(N2CCCC2)C1)c1cccs1. The molecule has 0 spiro atoms. The number of likely N-dealkylation sites (tertiary alicyclic amines) is 2. The molecule has 4 heterocycles. The normalized spacial score (nSPS) is 20.4. The Morgan fingerprint density at radius 1 is 1.13 bits per heavy atom. The Kier molecular flexibility index (Phi) is 5.78. The van der Waals surface area contributed by atoms with Gasteiger partial charge >= 0.3 is 0 Å². The van der Waals surface area contributed by atoms with Gasteiger partial charge in [0, 0.05) is 42.7 Å². The molecule has 0 bridgehead atoms. The van der Waals surface area contributed by atoms with E-state index in [2.05, 4.69) is 21.3 Å². The highest BCUT2D eigenvalue weighted by Gasteiger charge is 2.35. The molecule has 0 radical (unpaired) electrons. The molecule has 3 aromatic rings. The average Bonchev–Trinajstić information content (AvgIpc) is 3.59. The number of benzene rings is 1. The number of fused-ring (bicyclic) bond motifs is 1. The van der Waals surface area contributed by atoms with Gasteiger partial charge in [-0.3, -0.25) is 14.5 Å². The van der Waals surface area contributed by atoms with Gasteiger partial charge in [-0.2, -0.15) is 0 Å². The van der Waals surface area contributed by atoms with E-state index in [-0.39, 0.29) is 11.8 Å². The van der Waals surface area contributed by atoms with Crippen molar-refractivity contribution in [1.29, 1.82) is 0 Å². The molecular weight excluding hydrogens is 408 g/mol. The standard InChI is InChI=1S/C24H28N4O2S/c29-23(22-8-5-13-31-22)26-21(14-17-15-25-20-7-2-1-6-19(17)20)24(30)28-12-9-18(16-28)27-10-3-4-11-27/h1-2,5-8,13,15,18,21,25H,3-4,9-12,14,16H2,(H,26,29). The maximum atomic E-state index is 13.6. The van der Waals surface area contributed by atoms with Gasteiger partial charge in [-0.15, -0.1) is 11.3 Å². The van der Waals surface area contributed by atoms with Gasteiger partial charge in [0.1, 0.15) is 6.04 Å². The Morgan fingerprint density at radius 2 is 1.97 bits per heavy atom. The lowest BCUT2D eigenvalue weighted by Gasteiger charge is -2.26. The van der Waals surface area contributed by atoms with Crippen LogP contribution in [0.15, 0.2) is 48.0 Å².